The minimum absolute atomic E-state index is 0. The molecular weight excluding hydrogens is 273 g/mol. The molecule has 4 nitrogen and oxygen atoms in total. The van der Waals surface area contributed by atoms with Crippen LogP contribution >= 0.6 is 24.8 Å². The minimum Gasteiger partial charge on any atom is -0.364 e. The van der Waals surface area contributed by atoms with Gasteiger partial charge in [-0.25, -0.2) is 0 Å². The fraction of sp³-hybridized carbons (Fsp3) is 0.0833. The number of hydrogen-bond donors (Lipinski definition) is 2. The van der Waals surface area contributed by atoms with E-state index in [0.717, 1.165) is 16.9 Å². The average molecular weight is 286 g/mol. The van der Waals surface area contributed by atoms with Crippen LogP contribution in [0.2, 0.25) is 0 Å². The number of nitrogens with two attached hydrogens (primary N) is 1. The smallest absolute Gasteiger partial charge is 0.267 e. The molecule has 1 aromatic carbocycles. The number of rotatable bonds is 1. The van der Waals surface area contributed by atoms with Gasteiger partial charge < -0.3 is 16.0 Å². The number of halogens is 2. The maximum absolute atomic E-state index is 11.2. The Hall–Kier alpha value is -1.65. The monoisotopic (exact) mass is 285 g/mol. The summed E-state index contributed by atoms with van der Waals surface area (Å²) < 4.78 is 0. The fourth-order valence-corrected chi connectivity index (χ4v) is 2.11. The molecule has 18 heavy (non-hydrogen) atoms. The highest BCUT2D eigenvalue weighted by Crippen LogP contribution is 2.33. The largest absolute Gasteiger partial charge is 0.364 e. The average Bonchev–Trinajstić information content (AvgIpc) is 2.73. The molecule has 3 N–H and O–H groups in total. The lowest BCUT2D eigenvalue weighted by atomic mass is 10.1. The van der Waals surface area contributed by atoms with Crippen LogP contribution in [0.15, 0.2) is 41.7 Å². The van der Waals surface area contributed by atoms with Gasteiger partial charge in [-0.1, -0.05) is 24.3 Å². The van der Waals surface area contributed by atoms with Crippen molar-refractivity contribution < 1.29 is 4.79 Å². The molecule has 0 radical (unpaired) electrons. The summed E-state index contributed by atoms with van der Waals surface area (Å²) in [6.07, 6.45) is 3.92. The highest BCUT2D eigenvalue weighted by Gasteiger charge is 2.27. The summed E-state index contributed by atoms with van der Waals surface area (Å²) in [5.41, 5.74) is 8.90. The number of allylic oxidation sites excluding steroid dienone is 1. The zero-order valence-electron chi connectivity index (χ0n) is 9.42. The third-order valence-electron chi connectivity index (χ3n) is 2.86. The van der Waals surface area contributed by atoms with Crippen LogP contribution in [-0.2, 0) is 4.79 Å². The molecule has 0 unspecified atom stereocenters. The van der Waals surface area contributed by atoms with E-state index in [2.05, 4.69) is 10.2 Å². The molecule has 0 aliphatic carbocycles. The molecule has 0 saturated carbocycles. The summed E-state index contributed by atoms with van der Waals surface area (Å²) in [5.74, 6) is -0.415. The van der Waals surface area contributed by atoms with Gasteiger partial charge >= 0.3 is 0 Å². The molecule has 0 fully saturated rings. The summed E-state index contributed by atoms with van der Waals surface area (Å²) in [7, 11) is 0. The van der Waals surface area contributed by atoms with Crippen LogP contribution in [0.5, 0.6) is 0 Å². The Morgan fingerprint density at radius 1 is 1.22 bits per heavy atom. The van der Waals surface area contributed by atoms with E-state index >= 15 is 0 Å². The Kier molecular flexibility index (Phi) is 4.27. The van der Waals surface area contributed by atoms with Crippen LogP contribution in [0.1, 0.15) is 5.56 Å². The molecule has 1 amide bonds. The number of nitrogens with one attached hydrogen (secondary N) is 1. The lowest BCUT2D eigenvalue weighted by molar-refractivity contribution is -0.114. The van der Waals surface area contributed by atoms with Gasteiger partial charge in [-0.2, -0.15) is 0 Å². The second-order valence-corrected chi connectivity index (χ2v) is 3.78. The predicted molar refractivity (Wildman–Crippen MR) is 76.7 cm³/mol. The summed E-state index contributed by atoms with van der Waals surface area (Å²) in [5, 5.41) is 3.02. The van der Waals surface area contributed by atoms with E-state index in [1.807, 2.05) is 36.4 Å². The van der Waals surface area contributed by atoms with Crippen molar-refractivity contribution in [2.75, 3.05) is 11.6 Å². The number of nitrogens with zero attached hydrogens (tertiary/aromatic N) is 1. The highest BCUT2D eigenvalue weighted by molar-refractivity contribution is 5.96. The van der Waals surface area contributed by atoms with Crippen molar-refractivity contribution in [3.8, 4) is 0 Å². The van der Waals surface area contributed by atoms with Gasteiger partial charge in [0.2, 0.25) is 0 Å². The first-order valence-corrected chi connectivity index (χ1v) is 5.10. The van der Waals surface area contributed by atoms with E-state index in [4.69, 9.17) is 5.73 Å². The summed E-state index contributed by atoms with van der Waals surface area (Å²) in [6.45, 7) is 0.592. The van der Waals surface area contributed by atoms with Gasteiger partial charge in [0, 0.05) is 0 Å². The van der Waals surface area contributed by atoms with Crippen LogP contribution in [0, 0.1) is 0 Å². The lowest BCUT2D eigenvalue weighted by Crippen LogP contribution is -2.26. The van der Waals surface area contributed by atoms with E-state index < -0.39 is 5.91 Å². The molecule has 0 saturated heterocycles. The number of fused-ring (bicyclic) bond motifs is 3. The van der Waals surface area contributed by atoms with E-state index in [9.17, 15) is 4.79 Å². The summed E-state index contributed by atoms with van der Waals surface area (Å²) in [6, 6.07) is 8.06. The van der Waals surface area contributed by atoms with E-state index in [0.29, 0.717) is 12.4 Å². The van der Waals surface area contributed by atoms with Crippen molar-refractivity contribution >= 4 is 42.5 Å². The van der Waals surface area contributed by atoms with Crippen molar-refractivity contribution in [1.82, 2.24) is 5.32 Å². The molecule has 2 heterocycles. The SMILES string of the molecule is Cl.Cl.NC(=O)C1=C2C=Cc3ccccc3N2CN1. The summed E-state index contributed by atoms with van der Waals surface area (Å²) >= 11 is 0. The molecule has 0 aromatic heterocycles. The molecule has 1 aromatic rings. The van der Waals surface area contributed by atoms with Crippen molar-refractivity contribution in [3.63, 3.8) is 0 Å². The predicted octanol–water partition coefficient (Wildman–Crippen LogP) is 1.62. The van der Waals surface area contributed by atoms with Gasteiger partial charge in [0.25, 0.3) is 5.91 Å². The van der Waals surface area contributed by atoms with E-state index in [1.165, 1.54) is 0 Å². The van der Waals surface area contributed by atoms with Gasteiger partial charge in [0.15, 0.2) is 0 Å². The Balaban J connectivity index is 0.000000810. The molecule has 0 atom stereocenters. The highest BCUT2D eigenvalue weighted by atomic mass is 35.5. The third-order valence-corrected chi connectivity index (χ3v) is 2.86. The van der Waals surface area contributed by atoms with E-state index in [1.54, 1.807) is 0 Å². The molecule has 6 heteroatoms. The number of hydrogen-bond acceptors (Lipinski definition) is 3. The molecule has 2 aliphatic rings. The minimum atomic E-state index is -0.415. The zero-order valence-corrected chi connectivity index (χ0v) is 11.1. The quantitative estimate of drug-likeness (QED) is 0.825. The number of anilines is 1. The van der Waals surface area contributed by atoms with E-state index in [-0.39, 0.29) is 24.8 Å². The Morgan fingerprint density at radius 2 is 1.94 bits per heavy atom. The van der Waals surface area contributed by atoms with Gasteiger partial charge in [0.1, 0.15) is 5.70 Å². The number of para-hydroxylation sites is 1. The first kappa shape index (κ1) is 14.4. The number of primary amides is 1. The van der Waals surface area contributed by atoms with Crippen LogP contribution < -0.4 is 16.0 Å². The third kappa shape index (κ3) is 2.05. The maximum atomic E-state index is 11.2. The Labute approximate surface area is 117 Å². The second-order valence-electron chi connectivity index (χ2n) is 3.78. The topological polar surface area (TPSA) is 58.4 Å². The summed E-state index contributed by atoms with van der Waals surface area (Å²) in [4.78, 5) is 13.3. The van der Waals surface area contributed by atoms with Crippen molar-refractivity contribution in [2.24, 2.45) is 5.73 Å². The maximum Gasteiger partial charge on any atom is 0.267 e. The zero-order chi connectivity index (χ0) is 11.1. The van der Waals surface area contributed by atoms with Crippen molar-refractivity contribution in [3.05, 3.63) is 47.3 Å². The Morgan fingerprint density at radius 3 is 2.67 bits per heavy atom. The van der Waals surface area contributed by atoms with Crippen molar-refractivity contribution in [1.29, 1.82) is 0 Å². The Bertz CT molecular complexity index is 540. The molecule has 2 aliphatic heterocycles. The van der Waals surface area contributed by atoms with Gasteiger partial charge in [-0.15, -0.1) is 24.8 Å². The normalized spacial score (nSPS) is 15.0. The molecule has 0 spiro atoms. The fourth-order valence-electron chi connectivity index (χ4n) is 2.11. The lowest BCUT2D eigenvalue weighted by Gasteiger charge is -2.24. The van der Waals surface area contributed by atoms with Gasteiger partial charge in [-0.3, -0.25) is 4.79 Å². The van der Waals surface area contributed by atoms with Crippen molar-refractivity contribution in [2.45, 2.75) is 0 Å². The van der Waals surface area contributed by atoms with Crippen LogP contribution in [0.3, 0.4) is 0 Å². The van der Waals surface area contributed by atoms with Gasteiger partial charge in [-0.05, 0) is 17.7 Å². The van der Waals surface area contributed by atoms with Crippen LogP contribution in [0.4, 0.5) is 5.69 Å². The molecular formula is C12H13Cl2N3O. The number of amides is 1. The first-order chi connectivity index (χ1) is 7.77. The molecule has 0 bridgehead atoms. The van der Waals surface area contributed by atoms with Crippen LogP contribution in [-0.4, -0.2) is 12.6 Å². The van der Waals surface area contributed by atoms with Crippen LogP contribution in [0.25, 0.3) is 6.08 Å². The second kappa shape index (κ2) is 5.33. The number of carbonyl (C=O) groups is 1. The number of benzene rings is 1. The molecule has 3 rings (SSSR count). The number of carbonyl (C=O) groups excluding carboxylic acids is 1. The molecule has 96 valence electrons. The first-order valence-electron chi connectivity index (χ1n) is 5.10. The standard InChI is InChI=1S/C12H11N3O.2ClH/c13-12(16)11-10-6-5-8-3-1-2-4-9(8)15(10)7-14-11;;/h1-6,14H,7H2,(H2,13,16);2*1H. The van der Waals surface area contributed by atoms with Gasteiger partial charge in [0.05, 0.1) is 18.1 Å².